The number of H-pyrrole nitrogens is 1. The summed E-state index contributed by atoms with van der Waals surface area (Å²) in [5, 5.41) is 3.58. The van der Waals surface area contributed by atoms with Crippen LogP contribution < -0.4 is 21.9 Å². The molecule has 2 aromatic rings. The second-order valence-corrected chi connectivity index (χ2v) is 6.26. The lowest BCUT2D eigenvalue weighted by molar-refractivity contribution is -0.200. The molecule has 0 unspecified atom stereocenters. The molecule has 0 saturated heterocycles. The molecule has 8 nitrogen and oxygen atoms in total. The van der Waals surface area contributed by atoms with Gasteiger partial charge in [-0.25, -0.2) is 9.36 Å². The Bertz CT molecular complexity index is 1090. The lowest BCUT2D eigenvalue weighted by Crippen LogP contribution is -2.61. The van der Waals surface area contributed by atoms with Crippen LogP contribution in [0.25, 0.3) is 5.69 Å². The fourth-order valence-corrected chi connectivity index (χ4v) is 3.02. The molecular formula is C17H15F3N4O4. The summed E-state index contributed by atoms with van der Waals surface area (Å²) in [6.45, 7) is 3.06. The Balaban J connectivity index is 2.39. The molecule has 0 fully saturated rings. The first-order valence-corrected chi connectivity index (χ1v) is 8.19. The predicted molar refractivity (Wildman–Crippen MR) is 92.2 cm³/mol. The van der Waals surface area contributed by atoms with E-state index in [2.05, 4.69) is 0 Å². The minimum absolute atomic E-state index is 0.128. The maximum atomic E-state index is 14.0. The Kier molecular flexibility index (Phi) is 4.40. The number of nitrogens with one attached hydrogen (secondary N) is 3. The van der Waals surface area contributed by atoms with Gasteiger partial charge in [0.15, 0.2) is 0 Å². The number of hydrogen-bond donors (Lipinski definition) is 3. The zero-order valence-electron chi connectivity index (χ0n) is 14.7. The van der Waals surface area contributed by atoms with Crippen LogP contribution >= 0.6 is 0 Å². The first-order valence-electron chi connectivity index (χ1n) is 8.19. The topological polar surface area (TPSA) is 113 Å². The first kappa shape index (κ1) is 19.4. The van der Waals surface area contributed by atoms with E-state index in [1.165, 1.54) is 19.1 Å². The summed E-state index contributed by atoms with van der Waals surface area (Å²) in [6, 6.07) is 6.09. The fraction of sp³-hybridized carbons (Fsp3) is 0.294. The van der Waals surface area contributed by atoms with Gasteiger partial charge in [-0.3, -0.25) is 19.4 Å². The number of aryl methyl sites for hydroxylation is 1. The number of fused-ring (bicyclic) bond motifs is 1. The molecule has 0 aliphatic carbocycles. The quantitative estimate of drug-likeness (QED) is 0.720. The fourth-order valence-electron chi connectivity index (χ4n) is 3.02. The summed E-state index contributed by atoms with van der Waals surface area (Å²) in [5.41, 5.74) is -6.21. The van der Waals surface area contributed by atoms with Crippen LogP contribution in [0.1, 0.15) is 24.5 Å². The molecule has 3 rings (SSSR count). The van der Waals surface area contributed by atoms with E-state index in [1.807, 2.05) is 5.32 Å². The Morgan fingerprint density at radius 1 is 1.18 bits per heavy atom. The van der Waals surface area contributed by atoms with E-state index < -0.39 is 46.2 Å². The summed E-state index contributed by atoms with van der Waals surface area (Å²) >= 11 is 0. The minimum Gasteiger partial charge on any atom is -0.330 e. The number of hydrogen-bond acceptors (Lipinski definition) is 4. The van der Waals surface area contributed by atoms with Crippen molar-refractivity contribution in [1.82, 2.24) is 14.9 Å². The van der Waals surface area contributed by atoms with Gasteiger partial charge < -0.3 is 10.6 Å². The van der Waals surface area contributed by atoms with Crippen LogP contribution in [0.5, 0.6) is 0 Å². The second kappa shape index (κ2) is 6.36. The normalized spacial score (nSPS) is 18.5. The standard InChI is InChI=1S/C17H15F3N4O4/c1-3-10(25)23-16(17(18,19)20)11-12(21-14(16)27)24(15(28)22-13(11)26)9-6-4-8(2)5-7-9/h4-7H,3H2,1-2H3,(H,21,27)(H,23,25)(H,22,26,28)/t16-/m1/s1. The molecule has 2 amide bonds. The number of benzene rings is 1. The number of aromatic amines is 1. The van der Waals surface area contributed by atoms with Crippen LogP contribution in [0.15, 0.2) is 33.9 Å². The van der Waals surface area contributed by atoms with Crippen molar-refractivity contribution in [2.24, 2.45) is 0 Å². The van der Waals surface area contributed by atoms with Gasteiger partial charge in [0.1, 0.15) is 11.4 Å². The maximum absolute atomic E-state index is 14.0. The lowest BCUT2D eigenvalue weighted by atomic mass is 9.91. The van der Waals surface area contributed by atoms with E-state index in [4.69, 9.17) is 0 Å². The highest BCUT2D eigenvalue weighted by Crippen LogP contribution is 2.45. The van der Waals surface area contributed by atoms with Crippen LogP contribution in [0.4, 0.5) is 19.0 Å². The van der Waals surface area contributed by atoms with Crippen molar-refractivity contribution in [2.75, 3.05) is 5.32 Å². The molecule has 0 bridgehead atoms. The van der Waals surface area contributed by atoms with Crippen molar-refractivity contribution in [3.63, 3.8) is 0 Å². The molecule has 0 radical (unpaired) electrons. The molecule has 1 aromatic heterocycles. The van der Waals surface area contributed by atoms with Gasteiger partial charge in [0.05, 0.1) is 5.69 Å². The Morgan fingerprint density at radius 2 is 1.79 bits per heavy atom. The van der Waals surface area contributed by atoms with Gasteiger partial charge in [0.2, 0.25) is 11.4 Å². The molecule has 1 aliphatic rings. The number of halogens is 3. The van der Waals surface area contributed by atoms with Gasteiger partial charge in [0.25, 0.3) is 11.5 Å². The van der Waals surface area contributed by atoms with Gasteiger partial charge >= 0.3 is 11.9 Å². The van der Waals surface area contributed by atoms with Crippen LogP contribution in [-0.2, 0) is 15.1 Å². The van der Waals surface area contributed by atoms with E-state index in [0.717, 1.165) is 10.1 Å². The maximum Gasteiger partial charge on any atom is 0.425 e. The van der Waals surface area contributed by atoms with Crippen molar-refractivity contribution in [1.29, 1.82) is 0 Å². The highest BCUT2D eigenvalue weighted by molar-refractivity contribution is 6.07. The Morgan fingerprint density at radius 3 is 2.32 bits per heavy atom. The van der Waals surface area contributed by atoms with Crippen molar-refractivity contribution in [2.45, 2.75) is 32.0 Å². The summed E-state index contributed by atoms with van der Waals surface area (Å²) < 4.78 is 42.7. The zero-order valence-corrected chi connectivity index (χ0v) is 14.7. The molecular weight excluding hydrogens is 381 g/mol. The molecule has 28 heavy (non-hydrogen) atoms. The summed E-state index contributed by atoms with van der Waals surface area (Å²) in [7, 11) is 0. The van der Waals surface area contributed by atoms with Gasteiger partial charge in [-0.2, -0.15) is 13.2 Å². The average molecular weight is 396 g/mol. The molecule has 1 aromatic carbocycles. The average Bonchev–Trinajstić information content (AvgIpc) is 2.89. The SMILES string of the molecule is CCC(=O)N[C@@]1(C(F)(F)F)C(=O)Nc2c1c(=O)[nH]c(=O)n2-c1ccc(C)cc1. The highest BCUT2D eigenvalue weighted by Gasteiger charge is 2.68. The molecule has 0 saturated carbocycles. The zero-order chi connectivity index (χ0) is 20.9. The summed E-state index contributed by atoms with van der Waals surface area (Å²) in [5.74, 6) is -3.40. The molecule has 0 spiro atoms. The number of carbonyl (C=O) groups excluding carboxylic acids is 2. The number of nitrogens with zero attached hydrogens (tertiary/aromatic N) is 1. The number of amides is 2. The van der Waals surface area contributed by atoms with Crippen molar-refractivity contribution >= 4 is 17.6 Å². The number of alkyl halides is 3. The van der Waals surface area contributed by atoms with E-state index in [-0.39, 0.29) is 12.1 Å². The first-order chi connectivity index (χ1) is 13.0. The highest BCUT2D eigenvalue weighted by atomic mass is 19.4. The minimum atomic E-state index is -5.34. The molecule has 3 N–H and O–H groups in total. The van der Waals surface area contributed by atoms with E-state index >= 15 is 0 Å². The van der Waals surface area contributed by atoms with Gasteiger partial charge in [-0.1, -0.05) is 24.6 Å². The molecule has 11 heteroatoms. The third kappa shape index (κ3) is 2.70. The molecule has 1 aliphatic heterocycles. The Hall–Kier alpha value is -3.37. The predicted octanol–water partition coefficient (Wildman–Crippen LogP) is 1.07. The Labute approximate surface area is 155 Å². The number of carbonyl (C=O) groups is 2. The summed E-state index contributed by atoms with van der Waals surface area (Å²) in [6.07, 6.45) is -5.69. The molecule has 2 heterocycles. The van der Waals surface area contributed by atoms with Crippen molar-refractivity contribution < 1.29 is 22.8 Å². The molecule has 1 atom stereocenters. The molecule has 148 valence electrons. The largest absolute Gasteiger partial charge is 0.425 e. The van der Waals surface area contributed by atoms with Crippen LogP contribution in [-0.4, -0.2) is 27.5 Å². The summed E-state index contributed by atoms with van der Waals surface area (Å²) in [4.78, 5) is 50.7. The van der Waals surface area contributed by atoms with E-state index in [0.29, 0.717) is 0 Å². The van der Waals surface area contributed by atoms with Crippen LogP contribution in [0.3, 0.4) is 0 Å². The van der Waals surface area contributed by atoms with Crippen molar-refractivity contribution in [3.8, 4) is 5.69 Å². The smallest absolute Gasteiger partial charge is 0.330 e. The van der Waals surface area contributed by atoms with Gasteiger partial charge in [0, 0.05) is 6.42 Å². The van der Waals surface area contributed by atoms with Gasteiger partial charge in [-0.15, -0.1) is 0 Å². The third-order valence-corrected chi connectivity index (χ3v) is 4.42. The third-order valence-electron chi connectivity index (χ3n) is 4.42. The van der Waals surface area contributed by atoms with Gasteiger partial charge in [-0.05, 0) is 19.1 Å². The van der Waals surface area contributed by atoms with Crippen LogP contribution in [0, 0.1) is 6.92 Å². The lowest BCUT2D eigenvalue weighted by Gasteiger charge is -2.29. The van der Waals surface area contributed by atoms with E-state index in [1.54, 1.807) is 29.4 Å². The van der Waals surface area contributed by atoms with Crippen LogP contribution in [0.2, 0.25) is 0 Å². The monoisotopic (exact) mass is 396 g/mol. The number of aromatic nitrogens is 2. The van der Waals surface area contributed by atoms with E-state index in [9.17, 15) is 32.3 Å². The number of rotatable bonds is 3. The number of anilines is 1. The van der Waals surface area contributed by atoms with Crippen molar-refractivity contribution in [3.05, 3.63) is 56.2 Å². The second-order valence-electron chi connectivity index (χ2n) is 6.26.